The monoisotopic (exact) mass is 303 g/mol. The number of hydrogen-bond donors (Lipinski definition) is 2. The fraction of sp³-hybridized carbons (Fsp3) is 0.375. The molecule has 1 aromatic heterocycles. The van der Waals surface area contributed by atoms with Crippen LogP contribution in [0.5, 0.6) is 11.5 Å². The first-order valence-electron chi connectivity index (χ1n) is 7.29. The van der Waals surface area contributed by atoms with Crippen molar-refractivity contribution in [3.05, 3.63) is 40.3 Å². The number of aromatic amines is 1. The summed E-state index contributed by atoms with van der Waals surface area (Å²) in [6.45, 7) is 3.11. The lowest BCUT2D eigenvalue weighted by Gasteiger charge is -2.11. The average Bonchev–Trinajstić information content (AvgIpc) is 2.52. The van der Waals surface area contributed by atoms with Gasteiger partial charge < -0.3 is 20.2 Å². The fourth-order valence-electron chi connectivity index (χ4n) is 2.07. The van der Waals surface area contributed by atoms with E-state index in [0.717, 1.165) is 12.0 Å². The van der Waals surface area contributed by atoms with Crippen molar-refractivity contribution in [3.8, 4) is 22.9 Å². The minimum absolute atomic E-state index is 0.196. The highest BCUT2D eigenvalue weighted by Gasteiger charge is 2.09. The summed E-state index contributed by atoms with van der Waals surface area (Å²) in [7, 11) is 1.58. The van der Waals surface area contributed by atoms with E-state index in [1.165, 1.54) is 6.07 Å². The smallest absolute Gasteiger partial charge is 0.251 e. The predicted molar refractivity (Wildman–Crippen MR) is 85.4 cm³/mol. The van der Waals surface area contributed by atoms with Crippen molar-refractivity contribution in [2.24, 2.45) is 5.73 Å². The maximum absolute atomic E-state index is 11.7. The molecule has 0 radical (unpaired) electrons. The second-order valence-electron chi connectivity index (χ2n) is 4.84. The van der Waals surface area contributed by atoms with Gasteiger partial charge in [0.2, 0.25) is 0 Å². The van der Waals surface area contributed by atoms with Gasteiger partial charge in [0.25, 0.3) is 5.56 Å². The van der Waals surface area contributed by atoms with Gasteiger partial charge in [0.05, 0.1) is 13.7 Å². The molecule has 0 saturated heterocycles. The third-order valence-corrected chi connectivity index (χ3v) is 3.09. The highest BCUT2D eigenvalue weighted by Crippen LogP contribution is 2.31. The van der Waals surface area contributed by atoms with Gasteiger partial charge in [0.15, 0.2) is 11.5 Å². The molecule has 0 amide bonds. The van der Waals surface area contributed by atoms with E-state index in [2.05, 4.69) is 9.97 Å². The van der Waals surface area contributed by atoms with E-state index in [9.17, 15) is 4.79 Å². The molecular weight excluding hydrogens is 282 g/mol. The Morgan fingerprint density at radius 3 is 2.77 bits per heavy atom. The number of nitrogens with zero attached hydrogens (tertiary/aromatic N) is 1. The predicted octanol–water partition coefficient (Wildman–Crippen LogP) is 1.74. The molecule has 0 aliphatic carbocycles. The minimum Gasteiger partial charge on any atom is -0.493 e. The lowest BCUT2D eigenvalue weighted by atomic mass is 10.1. The van der Waals surface area contributed by atoms with E-state index in [-0.39, 0.29) is 5.56 Å². The summed E-state index contributed by atoms with van der Waals surface area (Å²) in [5, 5.41) is 0. The SMILES string of the molecule is CCCOc1ccc(-c2nc(CCN)cc(=O)[nH]2)cc1OC. The van der Waals surface area contributed by atoms with Crippen molar-refractivity contribution >= 4 is 0 Å². The third-order valence-electron chi connectivity index (χ3n) is 3.09. The number of hydrogen-bond acceptors (Lipinski definition) is 5. The van der Waals surface area contributed by atoms with Crippen molar-refractivity contribution in [2.75, 3.05) is 20.3 Å². The number of nitrogens with two attached hydrogens (primary N) is 1. The number of nitrogens with one attached hydrogen (secondary N) is 1. The van der Waals surface area contributed by atoms with E-state index in [1.54, 1.807) is 13.2 Å². The summed E-state index contributed by atoms with van der Waals surface area (Å²) in [5.74, 6) is 1.78. The Bertz CT molecular complexity index is 683. The molecule has 0 fully saturated rings. The number of aromatic nitrogens is 2. The summed E-state index contributed by atoms with van der Waals surface area (Å²) in [4.78, 5) is 18.9. The maximum atomic E-state index is 11.7. The van der Waals surface area contributed by atoms with E-state index in [1.807, 2.05) is 19.1 Å². The quantitative estimate of drug-likeness (QED) is 0.813. The van der Waals surface area contributed by atoms with Crippen LogP contribution in [0, 0.1) is 0 Å². The van der Waals surface area contributed by atoms with Crippen LogP contribution < -0.4 is 20.8 Å². The summed E-state index contributed by atoms with van der Waals surface area (Å²) < 4.78 is 11.0. The first-order valence-corrected chi connectivity index (χ1v) is 7.29. The molecule has 2 rings (SSSR count). The van der Waals surface area contributed by atoms with Crippen LogP contribution in [0.4, 0.5) is 0 Å². The number of ether oxygens (including phenoxy) is 2. The van der Waals surface area contributed by atoms with Crippen LogP contribution in [0.2, 0.25) is 0 Å². The van der Waals surface area contributed by atoms with E-state index in [4.69, 9.17) is 15.2 Å². The van der Waals surface area contributed by atoms with Crippen molar-refractivity contribution in [1.82, 2.24) is 9.97 Å². The van der Waals surface area contributed by atoms with Crippen LogP contribution in [0.25, 0.3) is 11.4 Å². The van der Waals surface area contributed by atoms with Crippen molar-refractivity contribution in [2.45, 2.75) is 19.8 Å². The summed E-state index contributed by atoms with van der Waals surface area (Å²) >= 11 is 0. The largest absolute Gasteiger partial charge is 0.493 e. The first kappa shape index (κ1) is 16.0. The molecule has 1 aromatic carbocycles. The molecule has 0 atom stereocenters. The average molecular weight is 303 g/mol. The van der Waals surface area contributed by atoms with Gasteiger partial charge in [-0.3, -0.25) is 4.79 Å². The molecule has 0 saturated carbocycles. The van der Waals surface area contributed by atoms with Crippen molar-refractivity contribution < 1.29 is 9.47 Å². The molecule has 0 aliphatic rings. The molecule has 0 bridgehead atoms. The van der Waals surface area contributed by atoms with Crippen LogP contribution in [-0.2, 0) is 6.42 Å². The molecule has 3 N–H and O–H groups in total. The van der Waals surface area contributed by atoms with Crippen LogP contribution in [0.3, 0.4) is 0 Å². The molecule has 6 nitrogen and oxygen atoms in total. The summed E-state index contributed by atoms with van der Waals surface area (Å²) in [6, 6.07) is 6.93. The maximum Gasteiger partial charge on any atom is 0.251 e. The molecule has 22 heavy (non-hydrogen) atoms. The first-order chi connectivity index (χ1) is 10.7. The lowest BCUT2D eigenvalue weighted by Crippen LogP contribution is -2.13. The van der Waals surface area contributed by atoms with Gasteiger partial charge in [0.1, 0.15) is 5.82 Å². The van der Waals surface area contributed by atoms with Gasteiger partial charge in [-0.15, -0.1) is 0 Å². The molecule has 0 spiro atoms. The Balaban J connectivity index is 2.38. The van der Waals surface area contributed by atoms with E-state index < -0.39 is 0 Å². The number of benzene rings is 1. The molecule has 0 aliphatic heterocycles. The Kier molecular flexibility index (Phi) is 5.55. The summed E-state index contributed by atoms with van der Waals surface area (Å²) in [5.41, 5.74) is 6.76. The zero-order valence-corrected chi connectivity index (χ0v) is 12.9. The zero-order chi connectivity index (χ0) is 15.9. The second kappa shape index (κ2) is 7.61. The van der Waals surface area contributed by atoms with Crippen LogP contribution in [-0.4, -0.2) is 30.2 Å². The molecule has 0 unspecified atom stereocenters. The number of rotatable bonds is 7. The topological polar surface area (TPSA) is 90.2 Å². The van der Waals surface area contributed by atoms with Gasteiger partial charge in [0, 0.05) is 23.7 Å². The standard InChI is InChI=1S/C16H21N3O3/c1-3-8-22-13-5-4-11(9-14(13)21-2)16-18-12(6-7-17)10-15(20)19-16/h4-5,9-10H,3,6-8,17H2,1-2H3,(H,18,19,20). The van der Waals surface area contributed by atoms with E-state index >= 15 is 0 Å². The molecule has 118 valence electrons. The minimum atomic E-state index is -0.196. The molecule has 2 aromatic rings. The third kappa shape index (κ3) is 3.85. The Hall–Kier alpha value is -2.34. The number of methoxy groups -OCH3 is 1. The highest BCUT2D eigenvalue weighted by molar-refractivity contribution is 5.61. The van der Waals surface area contributed by atoms with Crippen molar-refractivity contribution in [3.63, 3.8) is 0 Å². The van der Waals surface area contributed by atoms with Crippen LogP contribution >= 0.6 is 0 Å². The van der Waals surface area contributed by atoms with E-state index in [0.29, 0.717) is 42.6 Å². The van der Waals surface area contributed by atoms with Crippen LogP contribution in [0.1, 0.15) is 19.0 Å². The van der Waals surface area contributed by atoms with Gasteiger partial charge in [-0.25, -0.2) is 4.98 Å². The van der Waals surface area contributed by atoms with Crippen LogP contribution in [0.15, 0.2) is 29.1 Å². The van der Waals surface area contributed by atoms with Gasteiger partial charge in [-0.2, -0.15) is 0 Å². The Labute approximate surface area is 129 Å². The Morgan fingerprint density at radius 1 is 1.27 bits per heavy atom. The highest BCUT2D eigenvalue weighted by atomic mass is 16.5. The molecular formula is C16H21N3O3. The van der Waals surface area contributed by atoms with Gasteiger partial charge >= 0.3 is 0 Å². The van der Waals surface area contributed by atoms with Gasteiger partial charge in [-0.05, 0) is 31.2 Å². The molecule has 6 heteroatoms. The molecule has 1 heterocycles. The normalized spacial score (nSPS) is 10.5. The summed E-state index contributed by atoms with van der Waals surface area (Å²) in [6.07, 6.45) is 1.48. The van der Waals surface area contributed by atoms with Gasteiger partial charge in [-0.1, -0.05) is 6.92 Å². The zero-order valence-electron chi connectivity index (χ0n) is 12.9. The second-order valence-corrected chi connectivity index (χ2v) is 4.84. The van der Waals surface area contributed by atoms with Crippen molar-refractivity contribution in [1.29, 1.82) is 0 Å². The Morgan fingerprint density at radius 2 is 2.09 bits per heavy atom. The number of H-pyrrole nitrogens is 1. The fourth-order valence-corrected chi connectivity index (χ4v) is 2.07. The lowest BCUT2D eigenvalue weighted by molar-refractivity contribution is 0.294.